The highest BCUT2D eigenvalue weighted by atomic mass is 35.5. The highest BCUT2D eigenvalue weighted by Crippen LogP contribution is 2.27. The minimum Gasteiger partial charge on any atom is -0.388 e. The molecule has 0 aliphatic carbocycles. The van der Waals surface area contributed by atoms with Crippen LogP contribution in [0.4, 0.5) is 0 Å². The molecule has 8 heteroatoms. The van der Waals surface area contributed by atoms with Gasteiger partial charge in [0, 0.05) is 25.8 Å². The molecule has 1 aliphatic heterocycles. The van der Waals surface area contributed by atoms with Gasteiger partial charge in [0.2, 0.25) is 10.0 Å². The third kappa shape index (κ3) is 3.78. The Morgan fingerprint density at radius 1 is 1.41 bits per heavy atom. The van der Waals surface area contributed by atoms with Gasteiger partial charge in [-0.3, -0.25) is 0 Å². The van der Waals surface area contributed by atoms with Gasteiger partial charge in [0.05, 0.1) is 5.60 Å². The monoisotopic (exact) mass is 347 g/mol. The van der Waals surface area contributed by atoms with Gasteiger partial charge in [0.1, 0.15) is 10.0 Å². The number of piperidine rings is 1. The fourth-order valence-electron chi connectivity index (χ4n) is 2.71. The van der Waals surface area contributed by atoms with Crippen molar-refractivity contribution in [3.05, 3.63) is 23.0 Å². The molecule has 1 N–H and O–H groups in total. The largest absolute Gasteiger partial charge is 0.388 e. The Morgan fingerprint density at radius 2 is 2.00 bits per heavy atom. The van der Waals surface area contributed by atoms with Crippen LogP contribution in [0.25, 0.3) is 0 Å². The average Bonchev–Trinajstić information content (AvgIpc) is 2.41. The molecule has 0 atom stereocenters. The molecular weight excluding hydrogens is 326 g/mol. The first-order chi connectivity index (χ1) is 10.1. The van der Waals surface area contributed by atoms with E-state index in [1.165, 1.54) is 16.6 Å². The standard InChI is InChI=1S/C14H22ClN3O3S/c1-11-8-12(9-16-13(11)15)22(20,21)18-6-4-14(19,5-7-18)10-17(2)3/h8-9,19H,4-7,10H2,1-3H3. The summed E-state index contributed by atoms with van der Waals surface area (Å²) in [6.07, 6.45) is 2.13. The van der Waals surface area contributed by atoms with Crippen LogP contribution >= 0.6 is 11.6 Å². The van der Waals surface area contributed by atoms with Crippen molar-refractivity contribution < 1.29 is 13.5 Å². The lowest BCUT2D eigenvalue weighted by Gasteiger charge is -2.38. The summed E-state index contributed by atoms with van der Waals surface area (Å²) in [5, 5.41) is 10.8. The maximum atomic E-state index is 12.6. The van der Waals surface area contributed by atoms with Gasteiger partial charge in [-0.05, 0) is 45.5 Å². The predicted octanol–water partition coefficient (Wildman–Crippen LogP) is 1.12. The number of aryl methyl sites for hydroxylation is 1. The lowest BCUT2D eigenvalue weighted by atomic mass is 9.92. The molecule has 1 saturated heterocycles. The molecular formula is C14H22ClN3O3S. The molecule has 1 fully saturated rings. The van der Waals surface area contributed by atoms with Crippen LogP contribution in [0.3, 0.4) is 0 Å². The van der Waals surface area contributed by atoms with Crippen molar-refractivity contribution in [2.75, 3.05) is 33.7 Å². The van der Waals surface area contributed by atoms with E-state index >= 15 is 0 Å². The molecule has 0 spiro atoms. The van der Waals surface area contributed by atoms with Gasteiger partial charge in [-0.1, -0.05) is 11.6 Å². The topological polar surface area (TPSA) is 73.7 Å². The van der Waals surface area contributed by atoms with Crippen LogP contribution < -0.4 is 0 Å². The Kier molecular flexibility index (Phi) is 5.13. The van der Waals surface area contributed by atoms with Crippen molar-refractivity contribution in [1.29, 1.82) is 0 Å². The zero-order chi connectivity index (χ0) is 16.5. The molecule has 1 aromatic rings. The maximum absolute atomic E-state index is 12.6. The van der Waals surface area contributed by atoms with Crippen LogP contribution in [0.15, 0.2) is 17.2 Å². The summed E-state index contributed by atoms with van der Waals surface area (Å²) in [7, 11) is 0.192. The van der Waals surface area contributed by atoms with Gasteiger partial charge in [-0.2, -0.15) is 4.31 Å². The summed E-state index contributed by atoms with van der Waals surface area (Å²) < 4.78 is 26.7. The molecule has 124 valence electrons. The van der Waals surface area contributed by atoms with Crippen molar-refractivity contribution in [1.82, 2.24) is 14.2 Å². The molecule has 0 amide bonds. The minimum atomic E-state index is -3.59. The van der Waals surface area contributed by atoms with Gasteiger partial charge < -0.3 is 10.0 Å². The Balaban J connectivity index is 2.14. The van der Waals surface area contributed by atoms with Gasteiger partial charge in [-0.15, -0.1) is 0 Å². The molecule has 22 heavy (non-hydrogen) atoms. The Hall–Kier alpha value is -0.730. The van der Waals surface area contributed by atoms with Crippen molar-refractivity contribution in [3.63, 3.8) is 0 Å². The average molecular weight is 348 g/mol. The molecule has 0 aromatic carbocycles. The first kappa shape index (κ1) is 17.6. The number of likely N-dealkylation sites (N-methyl/N-ethyl adjacent to an activating group) is 1. The maximum Gasteiger partial charge on any atom is 0.244 e. The lowest BCUT2D eigenvalue weighted by Crippen LogP contribution is -2.50. The number of aromatic nitrogens is 1. The normalized spacial score (nSPS) is 19.5. The number of aliphatic hydroxyl groups is 1. The Bertz CT molecular complexity index is 641. The number of rotatable bonds is 4. The zero-order valence-electron chi connectivity index (χ0n) is 13.1. The Labute approximate surface area is 136 Å². The van der Waals surface area contributed by atoms with Crippen molar-refractivity contribution >= 4 is 21.6 Å². The Morgan fingerprint density at radius 3 is 2.50 bits per heavy atom. The van der Waals surface area contributed by atoms with Crippen LogP contribution in [-0.4, -0.2) is 67.0 Å². The molecule has 0 bridgehead atoms. The fourth-order valence-corrected chi connectivity index (χ4v) is 4.29. The minimum absolute atomic E-state index is 0.146. The summed E-state index contributed by atoms with van der Waals surface area (Å²) in [6, 6.07) is 1.53. The number of pyridine rings is 1. The highest BCUT2D eigenvalue weighted by Gasteiger charge is 2.37. The van der Waals surface area contributed by atoms with E-state index in [1.54, 1.807) is 6.92 Å². The van der Waals surface area contributed by atoms with E-state index in [0.717, 1.165) is 0 Å². The van der Waals surface area contributed by atoms with E-state index in [2.05, 4.69) is 4.98 Å². The molecule has 1 aliphatic rings. The quantitative estimate of drug-likeness (QED) is 0.826. The van der Waals surface area contributed by atoms with Gasteiger partial charge in [0.25, 0.3) is 0 Å². The van der Waals surface area contributed by atoms with Gasteiger partial charge >= 0.3 is 0 Å². The first-order valence-corrected chi connectivity index (χ1v) is 8.95. The summed E-state index contributed by atoms with van der Waals surface area (Å²) in [5.41, 5.74) is -0.201. The summed E-state index contributed by atoms with van der Waals surface area (Å²) in [5.74, 6) is 0. The van der Waals surface area contributed by atoms with Crippen molar-refractivity contribution in [3.8, 4) is 0 Å². The van der Waals surface area contributed by atoms with Gasteiger partial charge in [-0.25, -0.2) is 13.4 Å². The summed E-state index contributed by atoms with van der Waals surface area (Å²) in [4.78, 5) is 5.97. The van der Waals surface area contributed by atoms with E-state index in [0.29, 0.717) is 43.2 Å². The van der Waals surface area contributed by atoms with E-state index in [1.807, 2.05) is 19.0 Å². The molecule has 1 aromatic heterocycles. The van der Waals surface area contributed by atoms with E-state index in [9.17, 15) is 13.5 Å². The number of halogens is 1. The van der Waals surface area contributed by atoms with Crippen LogP contribution in [0.5, 0.6) is 0 Å². The van der Waals surface area contributed by atoms with E-state index < -0.39 is 15.6 Å². The predicted molar refractivity (Wildman–Crippen MR) is 85.5 cm³/mol. The number of hydrogen-bond donors (Lipinski definition) is 1. The van der Waals surface area contributed by atoms with Crippen molar-refractivity contribution in [2.24, 2.45) is 0 Å². The molecule has 0 radical (unpaired) electrons. The molecule has 2 heterocycles. The van der Waals surface area contributed by atoms with E-state index in [4.69, 9.17) is 11.6 Å². The van der Waals surface area contributed by atoms with Crippen LogP contribution in [0.2, 0.25) is 5.15 Å². The molecule has 0 saturated carbocycles. The molecule has 0 unspecified atom stereocenters. The van der Waals surface area contributed by atoms with Gasteiger partial charge in [0.15, 0.2) is 0 Å². The summed E-state index contributed by atoms with van der Waals surface area (Å²) >= 11 is 5.85. The van der Waals surface area contributed by atoms with E-state index in [-0.39, 0.29) is 4.90 Å². The fraction of sp³-hybridized carbons (Fsp3) is 0.643. The molecule has 6 nitrogen and oxygen atoms in total. The second-order valence-corrected chi connectivity index (χ2v) is 8.44. The number of nitrogens with zero attached hydrogens (tertiary/aromatic N) is 3. The lowest BCUT2D eigenvalue weighted by molar-refractivity contribution is -0.0234. The van der Waals surface area contributed by atoms with Crippen LogP contribution in [-0.2, 0) is 10.0 Å². The second-order valence-electron chi connectivity index (χ2n) is 6.14. The van der Waals surface area contributed by atoms with Crippen LogP contribution in [0, 0.1) is 6.92 Å². The third-order valence-corrected chi connectivity index (χ3v) is 6.15. The second kappa shape index (κ2) is 6.41. The van der Waals surface area contributed by atoms with Crippen molar-refractivity contribution in [2.45, 2.75) is 30.3 Å². The molecule has 2 rings (SSSR count). The van der Waals surface area contributed by atoms with Crippen LogP contribution in [0.1, 0.15) is 18.4 Å². The smallest absolute Gasteiger partial charge is 0.244 e. The zero-order valence-corrected chi connectivity index (χ0v) is 14.7. The SMILES string of the molecule is Cc1cc(S(=O)(=O)N2CCC(O)(CN(C)C)CC2)cnc1Cl. The summed E-state index contributed by atoms with van der Waals surface area (Å²) in [6.45, 7) is 2.85. The third-order valence-electron chi connectivity index (χ3n) is 3.89. The first-order valence-electron chi connectivity index (χ1n) is 7.13. The highest BCUT2D eigenvalue weighted by molar-refractivity contribution is 7.89. The number of hydrogen-bond acceptors (Lipinski definition) is 5. The number of sulfonamides is 1.